The first-order valence-electron chi connectivity index (χ1n) is 7.35. The molecule has 2 aliphatic rings. The van der Waals surface area contributed by atoms with Gasteiger partial charge in [0.2, 0.25) is 5.91 Å². The van der Waals surface area contributed by atoms with Gasteiger partial charge in [0, 0.05) is 46.3 Å². The van der Waals surface area contributed by atoms with E-state index < -0.39 is 0 Å². The maximum absolute atomic E-state index is 11.7. The molecule has 1 saturated carbocycles. The molecule has 1 aliphatic heterocycles. The molecule has 1 saturated heterocycles. The molecule has 0 aromatic rings. The van der Waals surface area contributed by atoms with Crippen LogP contribution in [0.3, 0.4) is 0 Å². The standard InChI is InChI=1S/C14H26N4O2.HI/c1-17(2)13(19)8-15-14(16-12-4-5-12)18-7-6-11(9-18)10-20-3;/h11-12H,4-10H2,1-3H3,(H,15,16);1H. The summed E-state index contributed by atoms with van der Waals surface area (Å²) in [5.74, 6) is 1.49. The molecule has 0 radical (unpaired) electrons. The summed E-state index contributed by atoms with van der Waals surface area (Å²) in [6.45, 7) is 2.96. The highest BCUT2D eigenvalue weighted by Gasteiger charge is 2.29. The number of guanidine groups is 1. The fourth-order valence-corrected chi connectivity index (χ4v) is 2.33. The first-order valence-corrected chi connectivity index (χ1v) is 7.35. The van der Waals surface area contributed by atoms with E-state index in [1.807, 2.05) is 0 Å². The highest BCUT2D eigenvalue weighted by Crippen LogP contribution is 2.21. The number of carbonyl (C=O) groups excluding carboxylic acids is 1. The molecule has 2 rings (SSSR count). The van der Waals surface area contributed by atoms with E-state index in [9.17, 15) is 4.79 Å². The van der Waals surface area contributed by atoms with Crippen LogP contribution in [0.5, 0.6) is 0 Å². The highest BCUT2D eigenvalue weighted by atomic mass is 127. The third-order valence-electron chi connectivity index (χ3n) is 3.76. The van der Waals surface area contributed by atoms with Crippen molar-refractivity contribution in [3.05, 3.63) is 0 Å². The number of hydrogen-bond acceptors (Lipinski definition) is 3. The number of ether oxygens (including phenoxy) is 1. The van der Waals surface area contributed by atoms with E-state index in [1.54, 1.807) is 26.1 Å². The zero-order chi connectivity index (χ0) is 14.5. The molecule has 2 fully saturated rings. The lowest BCUT2D eigenvalue weighted by Gasteiger charge is -2.22. The van der Waals surface area contributed by atoms with Gasteiger partial charge in [0.1, 0.15) is 6.54 Å². The number of rotatable bonds is 5. The fraction of sp³-hybridized carbons (Fsp3) is 0.857. The van der Waals surface area contributed by atoms with Crippen LogP contribution in [-0.4, -0.2) is 75.2 Å². The molecule has 122 valence electrons. The second-order valence-corrected chi connectivity index (χ2v) is 5.90. The average molecular weight is 410 g/mol. The topological polar surface area (TPSA) is 57.2 Å². The summed E-state index contributed by atoms with van der Waals surface area (Å²) >= 11 is 0. The quantitative estimate of drug-likeness (QED) is 0.413. The number of amides is 1. The maximum atomic E-state index is 11.7. The van der Waals surface area contributed by atoms with Gasteiger partial charge in [0.15, 0.2) is 5.96 Å². The number of carbonyl (C=O) groups is 1. The summed E-state index contributed by atoms with van der Waals surface area (Å²) < 4.78 is 5.23. The molecule has 1 heterocycles. The van der Waals surface area contributed by atoms with Crippen molar-refractivity contribution in [1.82, 2.24) is 15.1 Å². The fourth-order valence-electron chi connectivity index (χ4n) is 2.33. The molecule has 0 bridgehead atoms. The number of aliphatic imine (C=N–C) groups is 1. The zero-order valence-electron chi connectivity index (χ0n) is 13.2. The largest absolute Gasteiger partial charge is 0.384 e. The van der Waals surface area contributed by atoms with Gasteiger partial charge >= 0.3 is 0 Å². The Kier molecular flexibility index (Phi) is 7.72. The summed E-state index contributed by atoms with van der Waals surface area (Å²) in [5, 5.41) is 3.45. The lowest BCUT2D eigenvalue weighted by molar-refractivity contribution is -0.127. The summed E-state index contributed by atoms with van der Waals surface area (Å²) in [7, 11) is 5.27. The molecule has 1 unspecified atom stereocenters. The molecule has 6 nitrogen and oxygen atoms in total. The number of likely N-dealkylation sites (N-methyl/N-ethyl adjacent to an activating group) is 1. The average Bonchev–Trinajstić information content (AvgIpc) is 3.12. The molecule has 0 spiro atoms. The summed E-state index contributed by atoms with van der Waals surface area (Å²) in [6, 6.07) is 0.546. The number of halogens is 1. The van der Waals surface area contributed by atoms with Crippen molar-refractivity contribution < 1.29 is 9.53 Å². The van der Waals surface area contributed by atoms with E-state index in [0.29, 0.717) is 12.0 Å². The number of nitrogens with zero attached hydrogens (tertiary/aromatic N) is 3. The number of nitrogens with one attached hydrogen (secondary N) is 1. The number of likely N-dealkylation sites (tertiary alicyclic amines) is 1. The van der Waals surface area contributed by atoms with E-state index in [1.165, 1.54) is 12.8 Å². The van der Waals surface area contributed by atoms with Crippen LogP contribution in [-0.2, 0) is 9.53 Å². The van der Waals surface area contributed by atoms with Gasteiger partial charge in [-0.15, -0.1) is 24.0 Å². The van der Waals surface area contributed by atoms with Gasteiger partial charge in [-0.05, 0) is 19.3 Å². The lowest BCUT2D eigenvalue weighted by Crippen LogP contribution is -2.42. The van der Waals surface area contributed by atoms with Crippen molar-refractivity contribution in [2.75, 3.05) is 47.4 Å². The van der Waals surface area contributed by atoms with E-state index in [0.717, 1.165) is 32.1 Å². The summed E-state index contributed by atoms with van der Waals surface area (Å²) in [4.78, 5) is 20.0. The molecule has 7 heteroatoms. The summed E-state index contributed by atoms with van der Waals surface area (Å²) in [6.07, 6.45) is 3.53. The second kappa shape index (κ2) is 8.77. The Morgan fingerprint density at radius 2 is 2.10 bits per heavy atom. The first kappa shape index (κ1) is 18.5. The van der Waals surface area contributed by atoms with Crippen molar-refractivity contribution in [2.24, 2.45) is 10.9 Å². The van der Waals surface area contributed by atoms with Gasteiger partial charge in [-0.3, -0.25) is 4.79 Å². The predicted octanol–water partition coefficient (Wildman–Crippen LogP) is 0.769. The maximum Gasteiger partial charge on any atom is 0.243 e. The van der Waals surface area contributed by atoms with Crippen LogP contribution in [0.15, 0.2) is 4.99 Å². The normalized spacial score (nSPS) is 22.0. The van der Waals surface area contributed by atoms with Crippen molar-refractivity contribution in [2.45, 2.75) is 25.3 Å². The molecule has 1 amide bonds. The molecule has 1 atom stereocenters. The Labute approximate surface area is 144 Å². The number of hydrogen-bond donors (Lipinski definition) is 1. The van der Waals surface area contributed by atoms with E-state index in [2.05, 4.69) is 15.2 Å². The van der Waals surface area contributed by atoms with Gasteiger partial charge in [0.25, 0.3) is 0 Å². The van der Waals surface area contributed by atoms with Crippen molar-refractivity contribution >= 4 is 35.8 Å². The van der Waals surface area contributed by atoms with E-state index in [-0.39, 0.29) is 36.4 Å². The Bertz CT molecular complexity index is 372. The van der Waals surface area contributed by atoms with Crippen LogP contribution in [0.1, 0.15) is 19.3 Å². The van der Waals surface area contributed by atoms with Crippen LogP contribution in [0, 0.1) is 5.92 Å². The minimum Gasteiger partial charge on any atom is -0.384 e. The zero-order valence-corrected chi connectivity index (χ0v) is 15.5. The lowest BCUT2D eigenvalue weighted by atomic mass is 10.1. The van der Waals surface area contributed by atoms with Crippen molar-refractivity contribution in [1.29, 1.82) is 0 Å². The van der Waals surface area contributed by atoms with Gasteiger partial charge in [-0.1, -0.05) is 0 Å². The molecule has 21 heavy (non-hydrogen) atoms. The molecular formula is C14H27IN4O2. The Hall–Kier alpha value is -0.570. The van der Waals surface area contributed by atoms with Gasteiger partial charge in [-0.2, -0.15) is 0 Å². The highest BCUT2D eigenvalue weighted by molar-refractivity contribution is 14.0. The molecule has 0 aromatic carbocycles. The number of methoxy groups -OCH3 is 1. The molecule has 0 aromatic heterocycles. The van der Waals surface area contributed by atoms with Gasteiger partial charge < -0.3 is 19.9 Å². The van der Waals surface area contributed by atoms with Crippen LogP contribution in [0.2, 0.25) is 0 Å². The Morgan fingerprint density at radius 3 is 2.67 bits per heavy atom. The summed E-state index contributed by atoms with van der Waals surface area (Å²) in [5.41, 5.74) is 0. The van der Waals surface area contributed by atoms with Crippen LogP contribution in [0.4, 0.5) is 0 Å². The van der Waals surface area contributed by atoms with Crippen LogP contribution in [0.25, 0.3) is 0 Å². The van der Waals surface area contributed by atoms with Crippen molar-refractivity contribution in [3.63, 3.8) is 0 Å². The van der Waals surface area contributed by atoms with Crippen LogP contribution < -0.4 is 5.32 Å². The second-order valence-electron chi connectivity index (χ2n) is 5.90. The monoisotopic (exact) mass is 410 g/mol. The minimum absolute atomic E-state index is 0. The van der Waals surface area contributed by atoms with Crippen molar-refractivity contribution in [3.8, 4) is 0 Å². The van der Waals surface area contributed by atoms with Gasteiger partial charge in [-0.25, -0.2) is 4.99 Å². The first-order chi connectivity index (χ1) is 9.60. The minimum atomic E-state index is 0. The van der Waals surface area contributed by atoms with E-state index >= 15 is 0 Å². The molecular weight excluding hydrogens is 383 g/mol. The molecule has 1 N–H and O–H groups in total. The van der Waals surface area contributed by atoms with E-state index in [4.69, 9.17) is 4.74 Å². The Morgan fingerprint density at radius 1 is 1.38 bits per heavy atom. The third kappa shape index (κ3) is 5.98. The molecule has 1 aliphatic carbocycles. The smallest absolute Gasteiger partial charge is 0.243 e. The van der Waals surface area contributed by atoms with Gasteiger partial charge in [0.05, 0.1) is 6.61 Å². The third-order valence-corrected chi connectivity index (χ3v) is 3.76. The Balaban J connectivity index is 0.00000220. The van der Waals surface area contributed by atoms with Crippen LogP contribution >= 0.6 is 24.0 Å². The SMILES string of the molecule is COCC1CCN(C(=NCC(=O)N(C)C)NC2CC2)C1.I. The predicted molar refractivity (Wildman–Crippen MR) is 94.1 cm³/mol.